The Kier molecular flexibility index (Phi) is 2.48. The van der Waals surface area contributed by atoms with Gasteiger partial charge in [-0.15, -0.1) is 5.10 Å². The minimum absolute atomic E-state index is 0.341. The van der Waals surface area contributed by atoms with Crippen LogP contribution in [0.5, 0.6) is 0 Å². The van der Waals surface area contributed by atoms with Crippen molar-refractivity contribution in [3.8, 4) is 11.3 Å². The van der Waals surface area contributed by atoms with Crippen LogP contribution in [0.3, 0.4) is 0 Å². The lowest BCUT2D eigenvalue weighted by Gasteiger charge is -2.03. The molecule has 0 spiro atoms. The van der Waals surface area contributed by atoms with Gasteiger partial charge in [-0.25, -0.2) is 4.68 Å². The van der Waals surface area contributed by atoms with Crippen LogP contribution < -0.4 is 5.46 Å². The second-order valence-corrected chi connectivity index (χ2v) is 3.12. The van der Waals surface area contributed by atoms with E-state index in [2.05, 4.69) is 15.3 Å². The summed E-state index contributed by atoms with van der Waals surface area (Å²) in [6.07, 6.45) is 4.60. The highest BCUT2D eigenvalue weighted by Gasteiger charge is 2.13. The average molecular weight is 204 g/mol. The summed E-state index contributed by atoms with van der Waals surface area (Å²) in [5.41, 5.74) is 1.85. The van der Waals surface area contributed by atoms with Crippen LogP contribution in [-0.4, -0.2) is 37.1 Å². The van der Waals surface area contributed by atoms with Gasteiger partial charge >= 0.3 is 7.12 Å². The summed E-state index contributed by atoms with van der Waals surface area (Å²) in [7, 11) is 0.239. The molecule has 0 radical (unpaired) electrons. The van der Waals surface area contributed by atoms with Crippen molar-refractivity contribution in [2.24, 2.45) is 7.05 Å². The molecule has 2 N–H and O–H groups in total. The standard InChI is InChI=1S/C8H9BN4O2/c1-13-8(5-11-12-13)6-2-7(9(14)15)4-10-3-6/h2-5,14-15H,1H3. The van der Waals surface area contributed by atoms with E-state index in [1.54, 1.807) is 30.2 Å². The van der Waals surface area contributed by atoms with Crippen molar-refractivity contribution in [3.05, 3.63) is 24.7 Å². The number of pyridine rings is 1. The summed E-state index contributed by atoms with van der Waals surface area (Å²) < 4.78 is 1.59. The Balaban J connectivity index is 2.46. The molecule has 0 amide bonds. The molecule has 2 aromatic rings. The first kappa shape index (κ1) is 9.82. The van der Waals surface area contributed by atoms with Gasteiger partial charge in [0.1, 0.15) is 0 Å². The van der Waals surface area contributed by atoms with Gasteiger partial charge in [-0.1, -0.05) is 5.21 Å². The van der Waals surface area contributed by atoms with Crippen molar-refractivity contribution in [2.45, 2.75) is 0 Å². The number of rotatable bonds is 2. The zero-order valence-corrected chi connectivity index (χ0v) is 8.07. The van der Waals surface area contributed by atoms with Crippen molar-refractivity contribution in [1.82, 2.24) is 20.0 Å². The lowest BCUT2D eigenvalue weighted by molar-refractivity contribution is 0.425. The maximum Gasteiger partial charge on any atom is 0.490 e. The van der Waals surface area contributed by atoms with E-state index in [0.29, 0.717) is 5.46 Å². The van der Waals surface area contributed by atoms with E-state index >= 15 is 0 Å². The molecule has 76 valence electrons. The number of hydrogen-bond donors (Lipinski definition) is 2. The summed E-state index contributed by atoms with van der Waals surface area (Å²) in [6, 6.07) is 1.64. The minimum Gasteiger partial charge on any atom is -0.423 e. The van der Waals surface area contributed by atoms with E-state index in [0.717, 1.165) is 11.3 Å². The molecular formula is C8H9BN4O2. The van der Waals surface area contributed by atoms with Gasteiger partial charge < -0.3 is 10.0 Å². The molecule has 15 heavy (non-hydrogen) atoms. The fourth-order valence-corrected chi connectivity index (χ4v) is 1.29. The molecule has 0 saturated heterocycles. The van der Waals surface area contributed by atoms with Crippen molar-refractivity contribution in [1.29, 1.82) is 0 Å². The van der Waals surface area contributed by atoms with Crippen LogP contribution in [0.4, 0.5) is 0 Å². The van der Waals surface area contributed by atoms with Crippen molar-refractivity contribution < 1.29 is 10.0 Å². The minimum atomic E-state index is -1.52. The lowest BCUT2D eigenvalue weighted by atomic mass is 9.81. The highest BCUT2D eigenvalue weighted by atomic mass is 16.4. The molecule has 0 aliphatic heterocycles. The Bertz CT molecular complexity index is 471. The fraction of sp³-hybridized carbons (Fsp3) is 0.125. The maximum absolute atomic E-state index is 8.99. The SMILES string of the molecule is Cn1nncc1-c1cncc(B(O)O)c1. The predicted molar refractivity (Wildman–Crippen MR) is 54.1 cm³/mol. The molecule has 0 fully saturated rings. The molecule has 0 aliphatic rings. The van der Waals surface area contributed by atoms with Crippen molar-refractivity contribution >= 4 is 12.6 Å². The molecule has 0 saturated carbocycles. The monoisotopic (exact) mass is 204 g/mol. The molecule has 0 aliphatic carbocycles. The zero-order chi connectivity index (χ0) is 10.8. The normalized spacial score (nSPS) is 10.3. The van der Waals surface area contributed by atoms with Gasteiger partial charge in [0.05, 0.1) is 11.9 Å². The molecule has 0 unspecified atom stereocenters. The molecule has 7 heteroatoms. The Hall–Kier alpha value is -1.73. The van der Waals surface area contributed by atoms with Gasteiger partial charge in [0.15, 0.2) is 0 Å². The summed E-state index contributed by atoms with van der Waals surface area (Å²) in [5, 5.41) is 25.5. The molecule has 2 heterocycles. The maximum atomic E-state index is 8.99. The predicted octanol–water partition coefficient (Wildman–Crippen LogP) is -1.44. The molecule has 0 bridgehead atoms. The third-order valence-corrected chi connectivity index (χ3v) is 2.07. The number of hydrogen-bond acceptors (Lipinski definition) is 5. The number of nitrogens with zero attached hydrogens (tertiary/aromatic N) is 4. The van der Waals surface area contributed by atoms with E-state index in [1.165, 1.54) is 6.20 Å². The first-order valence-corrected chi connectivity index (χ1v) is 4.34. The Morgan fingerprint density at radius 1 is 1.27 bits per heavy atom. The van der Waals surface area contributed by atoms with Crippen LogP contribution >= 0.6 is 0 Å². The van der Waals surface area contributed by atoms with E-state index in [9.17, 15) is 0 Å². The second-order valence-electron chi connectivity index (χ2n) is 3.12. The Labute approximate surface area is 86.3 Å². The number of aromatic nitrogens is 4. The summed E-state index contributed by atoms with van der Waals surface area (Å²) in [6.45, 7) is 0. The molecule has 0 atom stereocenters. The first-order chi connectivity index (χ1) is 7.18. The van der Waals surface area contributed by atoms with Crippen LogP contribution in [0.2, 0.25) is 0 Å². The van der Waals surface area contributed by atoms with Crippen molar-refractivity contribution in [3.63, 3.8) is 0 Å². The second kappa shape index (κ2) is 3.80. The van der Waals surface area contributed by atoms with Crippen molar-refractivity contribution in [2.75, 3.05) is 0 Å². The van der Waals surface area contributed by atoms with Gasteiger partial charge in [-0.3, -0.25) is 4.98 Å². The molecule has 0 aromatic carbocycles. The third-order valence-electron chi connectivity index (χ3n) is 2.07. The van der Waals surface area contributed by atoms with E-state index in [4.69, 9.17) is 10.0 Å². The molecule has 6 nitrogen and oxygen atoms in total. The van der Waals surface area contributed by atoms with E-state index < -0.39 is 7.12 Å². The van der Waals surface area contributed by atoms with Crippen LogP contribution in [0, 0.1) is 0 Å². The fourth-order valence-electron chi connectivity index (χ4n) is 1.29. The summed E-state index contributed by atoms with van der Waals surface area (Å²) >= 11 is 0. The summed E-state index contributed by atoms with van der Waals surface area (Å²) in [4.78, 5) is 3.91. The summed E-state index contributed by atoms with van der Waals surface area (Å²) in [5.74, 6) is 0. The van der Waals surface area contributed by atoms with Gasteiger partial charge in [0.25, 0.3) is 0 Å². The molecule has 2 rings (SSSR count). The van der Waals surface area contributed by atoms with E-state index in [1.807, 2.05) is 0 Å². The largest absolute Gasteiger partial charge is 0.490 e. The Morgan fingerprint density at radius 2 is 2.07 bits per heavy atom. The highest BCUT2D eigenvalue weighted by molar-refractivity contribution is 6.58. The highest BCUT2D eigenvalue weighted by Crippen LogP contribution is 2.13. The van der Waals surface area contributed by atoms with Gasteiger partial charge in [0, 0.05) is 30.5 Å². The number of aryl methyl sites for hydroxylation is 1. The third kappa shape index (κ3) is 1.88. The lowest BCUT2D eigenvalue weighted by Crippen LogP contribution is -2.30. The first-order valence-electron chi connectivity index (χ1n) is 4.34. The van der Waals surface area contributed by atoms with Crippen LogP contribution in [-0.2, 0) is 7.05 Å². The molecular weight excluding hydrogens is 195 g/mol. The van der Waals surface area contributed by atoms with Gasteiger partial charge in [-0.2, -0.15) is 0 Å². The van der Waals surface area contributed by atoms with Gasteiger partial charge in [0.2, 0.25) is 0 Å². The van der Waals surface area contributed by atoms with Crippen LogP contribution in [0.25, 0.3) is 11.3 Å². The van der Waals surface area contributed by atoms with Crippen LogP contribution in [0.1, 0.15) is 0 Å². The van der Waals surface area contributed by atoms with Gasteiger partial charge in [-0.05, 0) is 6.07 Å². The quantitative estimate of drug-likeness (QED) is 0.585. The zero-order valence-electron chi connectivity index (χ0n) is 8.07. The smallest absolute Gasteiger partial charge is 0.423 e. The topological polar surface area (TPSA) is 84.1 Å². The van der Waals surface area contributed by atoms with Crippen LogP contribution in [0.15, 0.2) is 24.7 Å². The average Bonchev–Trinajstić information content (AvgIpc) is 2.64. The van der Waals surface area contributed by atoms with E-state index in [-0.39, 0.29) is 0 Å². The molecule has 2 aromatic heterocycles. The Morgan fingerprint density at radius 3 is 2.67 bits per heavy atom.